The number of hydrogen-bond donors (Lipinski definition) is 1. The lowest BCUT2D eigenvalue weighted by Gasteiger charge is -2.33. The summed E-state index contributed by atoms with van der Waals surface area (Å²) in [6, 6.07) is 6.14. The summed E-state index contributed by atoms with van der Waals surface area (Å²) >= 11 is 0. The summed E-state index contributed by atoms with van der Waals surface area (Å²) in [6.45, 7) is 16.2. The van der Waals surface area contributed by atoms with E-state index in [9.17, 15) is 14.1 Å². The van der Waals surface area contributed by atoms with Crippen LogP contribution in [0.4, 0.5) is 0 Å². The number of rotatable bonds is 9. The minimum absolute atomic E-state index is 0.0572. The van der Waals surface area contributed by atoms with E-state index in [1.165, 1.54) is 41.4 Å². The topological polar surface area (TPSA) is 79.9 Å². The SMILES string of the molecule is C[C@H](c1ccc2c(c1CC(=O)CS(=O)(=N[Si](C)(C)C(C)(C)C)c1cc(C(C)(C)O)co1)CCC2)C1CC1. The molecular formula is C30H45NO4SSi. The van der Waals surface area contributed by atoms with Gasteiger partial charge in [-0.05, 0) is 98.2 Å². The van der Waals surface area contributed by atoms with Gasteiger partial charge >= 0.3 is 0 Å². The molecule has 0 saturated heterocycles. The molecule has 2 atom stereocenters. The molecule has 1 saturated carbocycles. The van der Waals surface area contributed by atoms with E-state index >= 15 is 0 Å². The van der Waals surface area contributed by atoms with E-state index in [0.717, 1.165) is 19.3 Å². The van der Waals surface area contributed by atoms with Crippen molar-refractivity contribution in [1.29, 1.82) is 0 Å². The lowest BCUT2D eigenvalue weighted by Crippen LogP contribution is -2.37. The Hall–Kier alpha value is -1.70. The highest BCUT2D eigenvalue weighted by molar-refractivity contribution is 7.95. The van der Waals surface area contributed by atoms with E-state index in [2.05, 4.69) is 52.9 Å². The predicted molar refractivity (Wildman–Crippen MR) is 153 cm³/mol. The second-order valence-electron chi connectivity index (χ2n) is 13.4. The van der Waals surface area contributed by atoms with Crippen molar-refractivity contribution in [3.8, 4) is 0 Å². The number of aliphatic hydroxyl groups is 1. The van der Waals surface area contributed by atoms with Crippen LogP contribution in [0, 0.1) is 5.92 Å². The molecule has 7 heteroatoms. The van der Waals surface area contributed by atoms with Gasteiger partial charge in [0.05, 0.1) is 17.6 Å². The Morgan fingerprint density at radius 1 is 1.19 bits per heavy atom. The number of fused-ring (bicyclic) bond motifs is 1. The van der Waals surface area contributed by atoms with E-state index in [1.54, 1.807) is 19.9 Å². The van der Waals surface area contributed by atoms with Crippen molar-refractivity contribution in [2.45, 2.75) is 115 Å². The third kappa shape index (κ3) is 5.99. The molecule has 2 aliphatic carbocycles. The standard InChI is InChI=1S/C30H45NO4SSi/c1-20(21-12-13-21)25-15-14-22-10-9-11-26(22)27(25)17-24(32)19-36(34,31-37(7,8)29(2,3)4)28-16-23(18-35-28)30(5,6)33/h14-16,18,20-21,33H,9-13,17,19H2,1-8H3/t20-,36?/m0/s1. The third-order valence-electron chi connectivity index (χ3n) is 8.79. The van der Waals surface area contributed by atoms with Crippen LogP contribution in [0.25, 0.3) is 0 Å². The number of furan rings is 1. The van der Waals surface area contributed by atoms with Crippen LogP contribution < -0.4 is 0 Å². The van der Waals surface area contributed by atoms with Crippen molar-refractivity contribution >= 4 is 23.7 Å². The van der Waals surface area contributed by atoms with Crippen LogP contribution in [0.5, 0.6) is 0 Å². The lowest BCUT2D eigenvalue weighted by atomic mass is 9.86. The molecule has 0 bridgehead atoms. The number of Topliss-reactive ketones (excluding diaryl/α,β-unsaturated/α-hetero) is 1. The van der Waals surface area contributed by atoms with Gasteiger partial charge in [-0.3, -0.25) is 8.82 Å². The van der Waals surface area contributed by atoms with Gasteiger partial charge in [0.1, 0.15) is 9.73 Å². The summed E-state index contributed by atoms with van der Waals surface area (Å²) in [6.07, 6.45) is 7.46. The van der Waals surface area contributed by atoms with Crippen LogP contribution in [0.1, 0.15) is 94.5 Å². The molecule has 2 aliphatic rings. The molecule has 0 spiro atoms. The van der Waals surface area contributed by atoms with Crippen molar-refractivity contribution in [2.75, 3.05) is 5.75 Å². The molecule has 0 aliphatic heterocycles. The average Bonchev–Trinajstić information content (AvgIpc) is 3.27. The Bertz CT molecular complexity index is 1300. The first-order valence-electron chi connectivity index (χ1n) is 13.7. The number of carbonyl (C=O) groups is 1. The van der Waals surface area contributed by atoms with Crippen molar-refractivity contribution in [1.82, 2.24) is 0 Å². The molecule has 5 nitrogen and oxygen atoms in total. The molecule has 1 aromatic heterocycles. The van der Waals surface area contributed by atoms with E-state index in [4.69, 9.17) is 8.45 Å². The van der Waals surface area contributed by atoms with E-state index in [1.807, 2.05) is 0 Å². The second kappa shape index (κ2) is 9.80. The monoisotopic (exact) mass is 543 g/mol. The summed E-state index contributed by atoms with van der Waals surface area (Å²) < 4.78 is 25.4. The van der Waals surface area contributed by atoms with Crippen molar-refractivity contribution in [2.24, 2.45) is 9.95 Å². The van der Waals surface area contributed by atoms with Gasteiger partial charge in [0, 0.05) is 18.1 Å². The third-order valence-corrected chi connectivity index (χ3v) is 17.0. The minimum atomic E-state index is -3.16. The highest BCUT2D eigenvalue weighted by atomic mass is 32.2. The summed E-state index contributed by atoms with van der Waals surface area (Å²) in [7, 11) is -5.56. The van der Waals surface area contributed by atoms with Crippen molar-refractivity contribution in [3.05, 3.63) is 52.3 Å². The van der Waals surface area contributed by atoms with Crippen LogP contribution in [0.3, 0.4) is 0 Å². The fourth-order valence-corrected chi connectivity index (χ4v) is 11.0. The Kier molecular flexibility index (Phi) is 7.50. The number of carbonyl (C=O) groups excluding carboxylic acids is 1. The molecular weight excluding hydrogens is 498 g/mol. The van der Waals surface area contributed by atoms with Crippen molar-refractivity contribution < 1.29 is 18.5 Å². The first kappa shape index (κ1) is 28.3. The minimum Gasteiger partial charge on any atom is -0.454 e. The fourth-order valence-electron chi connectivity index (χ4n) is 5.17. The Balaban J connectivity index is 1.73. The maximum Gasteiger partial charge on any atom is 0.198 e. The Morgan fingerprint density at radius 2 is 1.86 bits per heavy atom. The largest absolute Gasteiger partial charge is 0.454 e. The Labute approximate surface area is 224 Å². The van der Waals surface area contributed by atoms with Crippen LogP contribution >= 0.6 is 0 Å². The number of benzene rings is 1. The van der Waals surface area contributed by atoms with Crippen LogP contribution in [-0.2, 0) is 39.4 Å². The smallest absolute Gasteiger partial charge is 0.198 e. The fraction of sp³-hybridized carbons (Fsp3) is 0.633. The zero-order valence-corrected chi connectivity index (χ0v) is 25.8. The Morgan fingerprint density at radius 3 is 2.43 bits per heavy atom. The van der Waals surface area contributed by atoms with Gasteiger partial charge in [-0.25, -0.2) is 4.21 Å². The molecule has 4 rings (SSSR count). The normalized spacial score (nSPS) is 18.8. The van der Waals surface area contributed by atoms with Crippen LogP contribution in [0.15, 0.2) is 38.0 Å². The summed E-state index contributed by atoms with van der Waals surface area (Å²) in [5, 5.41) is 10.5. The van der Waals surface area contributed by atoms with Crippen LogP contribution in [0.2, 0.25) is 18.1 Å². The summed E-state index contributed by atoms with van der Waals surface area (Å²) in [5.41, 5.74) is 4.57. The van der Waals surface area contributed by atoms with E-state index in [0.29, 0.717) is 23.8 Å². The number of ketones is 1. The molecule has 1 heterocycles. The first-order chi connectivity index (χ1) is 17.0. The zero-order valence-electron chi connectivity index (χ0n) is 23.9. The van der Waals surface area contributed by atoms with Gasteiger partial charge in [-0.1, -0.05) is 39.8 Å². The number of hydrogen-bond acceptors (Lipinski definition) is 5. The molecule has 2 aromatic rings. The molecule has 1 unspecified atom stereocenters. The quantitative estimate of drug-likeness (QED) is 0.341. The van der Waals surface area contributed by atoms with Crippen LogP contribution in [-0.4, -0.2) is 29.1 Å². The summed E-state index contributed by atoms with van der Waals surface area (Å²) in [5.74, 6) is 0.918. The molecule has 1 aromatic carbocycles. The first-order valence-corrected chi connectivity index (χ1v) is 18.4. The number of aryl methyl sites for hydroxylation is 1. The zero-order chi connectivity index (χ0) is 27.4. The summed E-state index contributed by atoms with van der Waals surface area (Å²) in [4.78, 5) is 13.8. The molecule has 204 valence electrons. The maximum absolute atomic E-state index is 14.6. The molecule has 1 N–H and O–H groups in total. The van der Waals surface area contributed by atoms with E-state index in [-0.39, 0.29) is 21.7 Å². The van der Waals surface area contributed by atoms with Gasteiger partial charge in [-0.2, -0.15) is 0 Å². The average molecular weight is 544 g/mol. The second-order valence-corrected chi connectivity index (χ2v) is 20.7. The molecule has 1 fully saturated rings. The molecule has 0 radical (unpaired) electrons. The van der Waals surface area contributed by atoms with Crippen molar-refractivity contribution in [3.63, 3.8) is 0 Å². The highest BCUT2D eigenvalue weighted by Crippen LogP contribution is 2.45. The van der Waals surface area contributed by atoms with Gasteiger partial charge in [0.25, 0.3) is 0 Å². The number of nitrogens with zero attached hydrogens (tertiary/aromatic N) is 1. The van der Waals surface area contributed by atoms with Gasteiger partial charge in [0.15, 0.2) is 19.1 Å². The molecule has 0 amide bonds. The van der Waals surface area contributed by atoms with E-state index < -0.39 is 23.6 Å². The highest BCUT2D eigenvalue weighted by Gasteiger charge is 2.39. The lowest BCUT2D eigenvalue weighted by molar-refractivity contribution is -0.116. The molecule has 37 heavy (non-hydrogen) atoms. The maximum atomic E-state index is 14.6. The van der Waals surface area contributed by atoms with Gasteiger partial charge in [0.2, 0.25) is 0 Å². The van der Waals surface area contributed by atoms with Gasteiger partial charge < -0.3 is 9.52 Å². The predicted octanol–water partition coefficient (Wildman–Crippen LogP) is 7.15. The van der Waals surface area contributed by atoms with Gasteiger partial charge in [-0.15, -0.1) is 0 Å².